The van der Waals surface area contributed by atoms with E-state index in [9.17, 15) is 10.1 Å². The fourth-order valence-electron chi connectivity index (χ4n) is 2.68. The Labute approximate surface area is 113 Å². The van der Waals surface area contributed by atoms with Gasteiger partial charge in [-0.15, -0.1) is 0 Å². The molecular formula is C14H21N3O2. The van der Waals surface area contributed by atoms with Crippen LogP contribution in [-0.2, 0) is 0 Å². The fourth-order valence-corrected chi connectivity index (χ4v) is 2.68. The maximum atomic E-state index is 10.9. The van der Waals surface area contributed by atoms with Crippen molar-refractivity contribution in [2.45, 2.75) is 26.3 Å². The highest BCUT2D eigenvalue weighted by Crippen LogP contribution is 2.25. The van der Waals surface area contributed by atoms with Gasteiger partial charge < -0.3 is 10.2 Å². The number of anilines is 1. The van der Waals surface area contributed by atoms with E-state index in [2.05, 4.69) is 24.2 Å². The van der Waals surface area contributed by atoms with Crippen LogP contribution in [-0.4, -0.2) is 36.0 Å². The van der Waals surface area contributed by atoms with E-state index in [1.807, 2.05) is 6.07 Å². The SMILES string of the molecule is Cc1ccc(NC2CCN(C)CC2C)cc1[N+](=O)[O-]. The zero-order valence-electron chi connectivity index (χ0n) is 11.7. The Hall–Kier alpha value is -1.62. The molecule has 2 atom stereocenters. The molecule has 2 rings (SSSR count). The van der Waals surface area contributed by atoms with Crippen molar-refractivity contribution in [2.24, 2.45) is 5.92 Å². The number of nitro benzene ring substituents is 1. The summed E-state index contributed by atoms with van der Waals surface area (Å²) in [6.45, 7) is 6.11. The van der Waals surface area contributed by atoms with Gasteiger partial charge in [-0.3, -0.25) is 10.1 Å². The second kappa shape index (κ2) is 5.57. The van der Waals surface area contributed by atoms with Crippen molar-refractivity contribution >= 4 is 11.4 Å². The third-order valence-corrected chi connectivity index (χ3v) is 3.87. The van der Waals surface area contributed by atoms with E-state index >= 15 is 0 Å². The Morgan fingerprint density at radius 1 is 1.47 bits per heavy atom. The summed E-state index contributed by atoms with van der Waals surface area (Å²) in [5.41, 5.74) is 1.73. The largest absolute Gasteiger partial charge is 0.382 e. The molecule has 5 nitrogen and oxygen atoms in total. The van der Waals surface area contributed by atoms with E-state index in [-0.39, 0.29) is 10.6 Å². The summed E-state index contributed by atoms with van der Waals surface area (Å²) < 4.78 is 0. The molecule has 0 radical (unpaired) electrons. The highest BCUT2D eigenvalue weighted by atomic mass is 16.6. The summed E-state index contributed by atoms with van der Waals surface area (Å²) in [5, 5.41) is 14.4. The van der Waals surface area contributed by atoms with E-state index in [0.717, 1.165) is 25.2 Å². The second-order valence-electron chi connectivity index (χ2n) is 5.54. The number of aryl methyl sites for hydroxylation is 1. The van der Waals surface area contributed by atoms with Crippen molar-refractivity contribution in [2.75, 3.05) is 25.5 Å². The smallest absolute Gasteiger partial charge is 0.274 e. The molecule has 104 valence electrons. The Balaban J connectivity index is 2.11. The molecule has 0 aromatic heterocycles. The van der Waals surface area contributed by atoms with Gasteiger partial charge >= 0.3 is 0 Å². The molecule has 1 fully saturated rings. The van der Waals surface area contributed by atoms with E-state index in [1.165, 1.54) is 0 Å². The van der Waals surface area contributed by atoms with Crippen LogP contribution in [0.5, 0.6) is 0 Å². The second-order valence-corrected chi connectivity index (χ2v) is 5.54. The maximum Gasteiger partial charge on any atom is 0.274 e. The molecule has 0 aliphatic carbocycles. The zero-order valence-corrected chi connectivity index (χ0v) is 11.7. The topological polar surface area (TPSA) is 58.4 Å². The molecule has 0 saturated carbocycles. The molecule has 19 heavy (non-hydrogen) atoms. The standard InChI is InChI=1S/C14H21N3O2/c1-10-4-5-12(8-14(10)17(18)19)15-13-6-7-16(3)9-11(13)2/h4-5,8,11,13,15H,6-7,9H2,1-3H3. The number of hydrogen-bond acceptors (Lipinski definition) is 4. The van der Waals surface area contributed by atoms with Gasteiger partial charge in [0.05, 0.1) is 4.92 Å². The molecular weight excluding hydrogens is 242 g/mol. The lowest BCUT2D eigenvalue weighted by molar-refractivity contribution is -0.385. The third-order valence-electron chi connectivity index (χ3n) is 3.87. The van der Waals surface area contributed by atoms with Crippen molar-refractivity contribution in [3.63, 3.8) is 0 Å². The van der Waals surface area contributed by atoms with Gasteiger partial charge in [-0.25, -0.2) is 0 Å². The zero-order chi connectivity index (χ0) is 14.0. The highest BCUT2D eigenvalue weighted by Gasteiger charge is 2.24. The molecule has 1 heterocycles. The van der Waals surface area contributed by atoms with Crippen LogP contribution in [0.15, 0.2) is 18.2 Å². The fraction of sp³-hybridized carbons (Fsp3) is 0.571. The summed E-state index contributed by atoms with van der Waals surface area (Å²) in [7, 11) is 2.13. The molecule has 0 spiro atoms. The van der Waals surface area contributed by atoms with Crippen molar-refractivity contribution in [3.8, 4) is 0 Å². The molecule has 1 aromatic carbocycles. The van der Waals surface area contributed by atoms with E-state index in [0.29, 0.717) is 17.5 Å². The predicted octanol–water partition coefficient (Wildman–Crippen LogP) is 2.66. The van der Waals surface area contributed by atoms with Gasteiger partial charge in [-0.05, 0) is 38.9 Å². The summed E-state index contributed by atoms with van der Waals surface area (Å²) in [4.78, 5) is 12.9. The third kappa shape index (κ3) is 3.23. The Morgan fingerprint density at radius 3 is 2.84 bits per heavy atom. The summed E-state index contributed by atoms with van der Waals surface area (Å²) in [6, 6.07) is 5.76. The minimum atomic E-state index is -0.321. The van der Waals surface area contributed by atoms with Crippen molar-refractivity contribution in [1.29, 1.82) is 0 Å². The average molecular weight is 263 g/mol. The van der Waals surface area contributed by atoms with Gasteiger partial charge in [0.1, 0.15) is 0 Å². The average Bonchev–Trinajstić information content (AvgIpc) is 2.34. The Morgan fingerprint density at radius 2 is 2.21 bits per heavy atom. The number of likely N-dealkylation sites (tertiary alicyclic amines) is 1. The van der Waals surface area contributed by atoms with Crippen molar-refractivity contribution in [1.82, 2.24) is 4.90 Å². The highest BCUT2D eigenvalue weighted by molar-refractivity contribution is 5.55. The van der Waals surface area contributed by atoms with Crippen LogP contribution in [0.2, 0.25) is 0 Å². The maximum absolute atomic E-state index is 10.9. The van der Waals surface area contributed by atoms with Gasteiger partial charge in [0.15, 0.2) is 0 Å². The molecule has 5 heteroatoms. The number of rotatable bonds is 3. The number of nitrogens with zero attached hydrogens (tertiary/aromatic N) is 2. The van der Waals surface area contributed by atoms with E-state index in [4.69, 9.17) is 0 Å². The van der Waals surface area contributed by atoms with Gasteiger partial charge in [0.2, 0.25) is 0 Å². The normalized spacial score (nSPS) is 24.2. The Bertz CT molecular complexity index is 476. The molecule has 0 amide bonds. The van der Waals surface area contributed by atoms with Gasteiger partial charge in [-0.2, -0.15) is 0 Å². The monoisotopic (exact) mass is 263 g/mol. The van der Waals surface area contributed by atoms with Gasteiger partial charge in [0.25, 0.3) is 5.69 Å². The molecule has 1 saturated heterocycles. The molecule has 1 N–H and O–H groups in total. The summed E-state index contributed by atoms with van der Waals surface area (Å²) >= 11 is 0. The lowest BCUT2D eigenvalue weighted by atomic mass is 9.94. The molecule has 1 aliphatic heterocycles. The van der Waals surface area contributed by atoms with Crippen molar-refractivity contribution < 1.29 is 4.92 Å². The summed E-state index contributed by atoms with van der Waals surface area (Å²) in [5.74, 6) is 0.541. The molecule has 1 aliphatic rings. The first-order valence-electron chi connectivity index (χ1n) is 6.67. The van der Waals surface area contributed by atoms with Crippen LogP contribution in [0.4, 0.5) is 11.4 Å². The minimum Gasteiger partial charge on any atom is -0.382 e. The van der Waals surface area contributed by atoms with Crippen LogP contribution in [0.3, 0.4) is 0 Å². The van der Waals surface area contributed by atoms with E-state index < -0.39 is 0 Å². The number of hydrogen-bond donors (Lipinski definition) is 1. The van der Waals surface area contributed by atoms with Crippen LogP contribution in [0.1, 0.15) is 18.9 Å². The first kappa shape index (κ1) is 13.8. The lowest BCUT2D eigenvalue weighted by Gasteiger charge is -2.35. The number of nitrogens with one attached hydrogen (secondary N) is 1. The summed E-state index contributed by atoms with van der Waals surface area (Å²) in [6.07, 6.45) is 1.07. The Kier molecular flexibility index (Phi) is 4.04. The first-order valence-corrected chi connectivity index (χ1v) is 6.67. The minimum absolute atomic E-state index is 0.186. The lowest BCUT2D eigenvalue weighted by Crippen LogP contribution is -2.43. The number of nitro groups is 1. The van der Waals surface area contributed by atoms with Gasteiger partial charge in [-0.1, -0.05) is 13.0 Å². The quantitative estimate of drug-likeness (QED) is 0.673. The van der Waals surface area contributed by atoms with Crippen LogP contribution in [0.25, 0.3) is 0 Å². The van der Waals surface area contributed by atoms with Gasteiger partial charge in [0, 0.05) is 29.9 Å². The van der Waals surface area contributed by atoms with Crippen LogP contribution < -0.4 is 5.32 Å². The van der Waals surface area contributed by atoms with Crippen molar-refractivity contribution in [3.05, 3.63) is 33.9 Å². The van der Waals surface area contributed by atoms with Crippen LogP contribution in [0, 0.1) is 23.0 Å². The number of piperidine rings is 1. The predicted molar refractivity (Wildman–Crippen MR) is 76.5 cm³/mol. The first-order chi connectivity index (χ1) is 8.97. The van der Waals surface area contributed by atoms with Crippen LogP contribution >= 0.6 is 0 Å². The molecule has 2 unspecified atom stereocenters. The molecule has 0 bridgehead atoms. The number of benzene rings is 1. The molecule has 1 aromatic rings. The van der Waals surface area contributed by atoms with E-state index in [1.54, 1.807) is 19.1 Å².